The van der Waals surface area contributed by atoms with E-state index in [1.165, 1.54) is 94.3 Å². The minimum atomic E-state index is -0.176. The van der Waals surface area contributed by atoms with Gasteiger partial charge in [0, 0.05) is 27.5 Å². The van der Waals surface area contributed by atoms with E-state index in [1.54, 1.807) is 0 Å². The molecular weight excluding hydrogens is 711 g/mol. The predicted octanol–water partition coefficient (Wildman–Crippen LogP) is 15.9. The molecule has 0 saturated heterocycles. The van der Waals surface area contributed by atoms with Gasteiger partial charge < -0.3 is 4.90 Å². The standard InChI is InChI=1S/C58H45N/c1-57(2)51-25-15-13-22-45(51)46-33-32-43(36-53(46)57)59(54-26-16-14-21-44(54)41-29-27-40(28-30-41)38-17-7-5-8-18-38)55-37-50-49-35-42(39-19-9-6-10-20-39)31-34-52(49)58(3,4)56(50)48-24-12-11-23-47(48)55/h5-37H,1-4H3. The normalized spacial score (nSPS) is 14.0. The lowest BCUT2D eigenvalue weighted by Crippen LogP contribution is -2.18. The molecule has 1 nitrogen and oxygen atoms in total. The molecule has 0 aliphatic heterocycles. The molecule has 11 rings (SSSR count). The Kier molecular flexibility index (Phi) is 7.94. The quantitative estimate of drug-likeness (QED) is 0.163. The third-order valence-electron chi connectivity index (χ3n) is 13.3. The number of para-hydroxylation sites is 1. The minimum absolute atomic E-state index is 0.142. The van der Waals surface area contributed by atoms with E-state index in [0.29, 0.717) is 0 Å². The van der Waals surface area contributed by atoms with Crippen molar-refractivity contribution >= 4 is 27.8 Å². The number of hydrogen-bond donors (Lipinski definition) is 0. The van der Waals surface area contributed by atoms with Crippen LogP contribution in [0.3, 0.4) is 0 Å². The van der Waals surface area contributed by atoms with E-state index >= 15 is 0 Å². The van der Waals surface area contributed by atoms with Gasteiger partial charge in [-0.1, -0.05) is 198 Å². The summed E-state index contributed by atoms with van der Waals surface area (Å²) in [5, 5.41) is 2.54. The van der Waals surface area contributed by atoms with Crippen LogP contribution in [-0.2, 0) is 10.8 Å². The highest BCUT2D eigenvalue weighted by atomic mass is 15.1. The van der Waals surface area contributed by atoms with Crippen LogP contribution in [0.25, 0.3) is 66.4 Å². The van der Waals surface area contributed by atoms with Crippen LogP contribution in [0.4, 0.5) is 17.1 Å². The van der Waals surface area contributed by atoms with Gasteiger partial charge in [0.05, 0.1) is 11.4 Å². The molecule has 282 valence electrons. The third-order valence-corrected chi connectivity index (χ3v) is 13.3. The first-order valence-electron chi connectivity index (χ1n) is 20.8. The predicted molar refractivity (Wildman–Crippen MR) is 250 cm³/mol. The van der Waals surface area contributed by atoms with Crippen LogP contribution in [0, 0.1) is 0 Å². The smallest absolute Gasteiger partial charge is 0.0546 e. The van der Waals surface area contributed by atoms with Gasteiger partial charge in [0.1, 0.15) is 0 Å². The first kappa shape index (κ1) is 35.2. The van der Waals surface area contributed by atoms with Crippen molar-refractivity contribution in [2.75, 3.05) is 4.90 Å². The van der Waals surface area contributed by atoms with E-state index in [0.717, 1.165) is 11.4 Å². The number of rotatable bonds is 6. The van der Waals surface area contributed by atoms with Crippen molar-refractivity contribution in [3.63, 3.8) is 0 Å². The average Bonchev–Trinajstić information content (AvgIpc) is 3.66. The van der Waals surface area contributed by atoms with Gasteiger partial charge in [0.15, 0.2) is 0 Å². The van der Waals surface area contributed by atoms with Gasteiger partial charge in [-0.25, -0.2) is 0 Å². The van der Waals surface area contributed by atoms with Crippen LogP contribution >= 0.6 is 0 Å². The maximum atomic E-state index is 2.55. The molecule has 0 amide bonds. The molecule has 0 spiro atoms. The summed E-state index contributed by atoms with van der Waals surface area (Å²) in [6.45, 7) is 9.56. The van der Waals surface area contributed by atoms with Crippen molar-refractivity contribution in [1.29, 1.82) is 0 Å². The molecule has 1 heteroatoms. The summed E-state index contributed by atoms with van der Waals surface area (Å²) < 4.78 is 0. The van der Waals surface area contributed by atoms with Crippen LogP contribution in [0.2, 0.25) is 0 Å². The highest BCUT2D eigenvalue weighted by Crippen LogP contribution is 2.57. The Hall–Kier alpha value is -6.96. The first-order valence-corrected chi connectivity index (χ1v) is 20.8. The molecule has 0 bridgehead atoms. The molecule has 0 saturated carbocycles. The van der Waals surface area contributed by atoms with Crippen molar-refractivity contribution < 1.29 is 0 Å². The number of fused-ring (bicyclic) bond motifs is 8. The fraction of sp³-hybridized carbons (Fsp3) is 0.103. The highest BCUT2D eigenvalue weighted by molar-refractivity contribution is 6.08. The van der Waals surface area contributed by atoms with Crippen molar-refractivity contribution in [2.45, 2.75) is 38.5 Å². The molecule has 2 aliphatic rings. The molecule has 0 N–H and O–H groups in total. The molecule has 0 unspecified atom stereocenters. The summed E-state index contributed by atoms with van der Waals surface area (Å²) in [6, 6.07) is 74.3. The molecule has 0 atom stereocenters. The summed E-state index contributed by atoms with van der Waals surface area (Å²) in [5.41, 5.74) is 21.2. The third kappa shape index (κ3) is 5.45. The second-order valence-electron chi connectivity index (χ2n) is 17.3. The number of anilines is 3. The second-order valence-corrected chi connectivity index (χ2v) is 17.3. The van der Waals surface area contributed by atoms with Gasteiger partial charge in [-0.05, 0) is 108 Å². The largest absolute Gasteiger partial charge is 0.309 e. The van der Waals surface area contributed by atoms with Crippen LogP contribution in [0.15, 0.2) is 200 Å². The topological polar surface area (TPSA) is 3.24 Å². The Labute approximate surface area is 347 Å². The van der Waals surface area contributed by atoms with E-state index in [1.807, 2.05) is 0 Å². The zero-order valence-corrected chi connectivity index (χ0v) is 34.0. The zero-order chi connectivity index (χ0) is 39.9. The van der Waals surface area contributed by atoms with E-state index in [9.17, 15) is 0 Å². The summed E-state index contributed by atoms with van der Waals surface area (Å²) in [6.07, 6.45) is 0. The molecule has 0 radical (unpaired) electrons. The summed E-state index contributed by atoms with van der Waals surface area (Å²) >= 11 is 0. The summed E-state index contributed by atoms with van der Waals surface area (Å²) in [5.74, 6) is 0. The fourth-order valence-corrected chi connectivity index (χ4v) is 10.3. The average molecular weight is 756 g/mol. The van der Waals surface area contributed by atoms with Gasteiger partial charge in [-0.15, -0.1) is 0 Å². The maximum Gasteiger partial charge on any atom is 0.0546 e. The van der Waals surface area contributed by atoms with Gasteiger partial charge in [0.25, 0.3) is 0 Å². The first-order chi connectivity index (χ1) is 28.8. The van der Waals surface area contributed by atoms with Gasteiger partial charge in [0.2, 0.25) is 0 Å². The van der Waals surface area contributed by atoms with Crippen molar-refractivity contribution in [3.05, 3.63) is 222 Å². The molecular formula is C58H45N. The summed E-state index contributed by atoms with van der Waals surface area (Å²) in [7, 11) is 0. The minimum Gasteiger partial charge on any atom is -0.309 e. The van der Waals surface area contributed by atoms with Crippen LogP contribution in [0.5, 0.6) is 0 Å². The molecule has 9 aromatic carbocycles. The molecule has 0 heterocycles. The van der Waals surface area contributed by atoms with Gasteiger partial charge >= 0.3 is 0 Å². The zero-order valence-electron chi connectivity index (χ0n) is 34.0. The Morgan fingerprint density at radius 3 is 1.59 bits per heavy atom. The molecule has 0 fully saturated rings. The number of hydrogen-bond acceptors (Lipinski definition) is 1. The highest BCUT2D eigenvalue weighted by Gasteiger charge is 2.39. The summed E-state index contributed by atoms with van der Waals surface area (Å²) in [4.78, 5) is 2.55. The van der Waals surface area contributed by atoms with Gasteiger partial charge in [-0.3, -0.25) is 0 Å². The Morgan fingerprint density at radius 1 is 0.305 bits per heavy atom. The van der Waals surface area contributed by atoms with E-state index < -0.39 is 0 Å². The van der Waals surface area contributed by atoms with E-state index in [2.05, 4.69) is 233 Å². The van der Waals surface area contributed by atoms with Crippen LogP contribution in [-0.4, -0.2) is 0 Å². The van der Waals surface area contributed by atoms with E-state index in [4.69, 9.17) is 0 Å². The Balaban J connectivity index is 1.17. The number of nitrogens with zero attached hydrogens (tertiary/aromatic N) is 1. The monoisotopic (exact) mass is 755 g/mol. The number of benzene rings is 9. The van der Waals surface area contributed by atoms with Crippen molar-refractivity contribution in [2.24, 2.45) is 0 Å². The lowest BCUT2D eigenvalue weighted by molar-refractivity contribution is 0.660. The lowest BCUT2D eigenvalue weighted by Gasteiger charge is -2.32. The maximum absolute atomic E-state index is 2.55. The molecule has 59 heavy (non-hydrogen) atoms. The molecule has 0 aromatic heterocycles. The SMILES string of the molecule is CC1(C)c2ccccc2-c2ccc(N(c3ccccc3-c3ccc(-c4ccccc4)cc3)c3cc4c(c5ccccc35)C(C)(C)c3ccc(-c5ccccc5)cc3-4)cc21. The van der Waals surface area contributed by atoms with Crippen LogP contribution in [0.1, 0.15) is 49.9 Å². The van der Waals surface area contributed by atoms with Crippen molar-refractivity contribution in [1.82, 2.24) is 0 Å². The molecule has 2 aliphatic carbocycles. The Morgan fingerprint density at radius 2 is 0.847 bits per heavy atom. The van der Waals surface area contributed by atoms with Crippen molar-refractivity contribution in [3.8, 4) is 55.6 Å². The second kappa shape index (κ2) is 13.3. The Bertz CT molecular complexity index is 3080. The van der Waals surface area contributed by atoms with Gasteiger partial charge in [-0.2, -0.15) is 0 Å². The van der Waals surface area contributed by atoms with Crippen LogP contribution < -0.4 is 4.90 Å². The van der Waals surface area contributed by atoms with E-state index in [-0.39, 0.29) is 10.8 Å². The fourth-order valence-electron chi connectivity index (χ4n) is 10.3. The molecule has 9 aromatic rings. The lowest BCUT2D eigenvalue weighted by atomic mass is 9.79.